The predicted octanol–water partition coefficient (Wildman–Crippen LogP) is 3.95. The van der Waals surface area contributed by atoms with E-state index in [1.165, 1.54) is 5.56 Å². The minimum Gasteiger partial charge on any atom is -0.508 e. The molecule has 1 rings (SSSR count). The van der Waals surface area contributed by atoms with Crippen LogP contribution in [0.15, 0.2) is 12.1 Å². The molecule has 0 fully saturated rings. The summed E-state index contributed by atoms with van der Waals surface area (Å²) in [4.78, 5) is 0. The lowest BCUT2D eigenvalue weighted by Gasteiger charge is -2.18. The number of hydrogen-bond donors (Lipinski definition) is 1. The number of hydrogen-bond acceptors (Lipinski definition) is 1. The van der Waals surface area contributed by atoms with Crippen LogP contribution in [0.5, 0.6) is 5.75 Å². The Morgan fingerprint density at radius 1 is 1.00 bits per heavy atom. The molecule has 0 saturated carbocycles. The fourth-order valence-electron chi connectivity index (χ4n) is 1.91. The van der Waals surface area contributed by atoms with Gasteiger partial charge in [0.2, 0.25) is 0 Å². The molecule has 14 heavy (non-hydrogen) atoms. The molecule has 0 aromatic heterocycles. The van der Waals surface area contributed by atoms with Gasteiger partial charge in [0.1, 0.15) is 5.75 Å². The highest BCUT2D eigenvalue weighted by Crippen LogP contribution is 2.34. The summed E-state index contributed by atoms with van der Waals surface area (Å²) in [5.41, 5.74) is 3.51. The summed E-state index contributed by atoms with van der Waals surface area (Å²) in [5, 5.41) is 9.89. The fraction of sp³-hybridized carbons (Fsp3) is 0.538. The van der Waals surface area contributed by atoms with Crippen LogP contribution >= 0.6 is 0 Å². The zero-order valence-corrected chi connectivity index (χ0v) is 9.76. The lowest BCUT2D eigenvalue weighted by atomic mass is 9.88. The molecule has 0 atom stereocenters. The molecule has 0 heterocycles. The van der Waals surface area contributed by atoms with Gasteiger partial charge >= 0.3 is 0 Å². The minimum absolute atomic E-state index is 0.382. The van der Waals surface area contributed by atoms with Gasteiger partial charge in [0.15, 0.2) is 0 Å². The third kappa shape index (κ3) is 2.09. The summed E-state index contributed by atoms with van der Waals surface area (Å²) in [6, 6.07) is 4.03. The lowest BCUT2D eigenvalue weighted by molar-refractivity contribution is 0.462. The van der Waals surface area contributed by atoms with Gasteiger partial charge in [0.05, 0.1) is 0 Å². The van der Waals surface area contributed by atoms with E-state index in [1.807, 2.05) is 13.0 Å². The molecular weight excluding hydrogens is 172 g/mol. The zero-order valence-electron chi connectivity index (χ0n) is 9.76. The van der Waals surface area contributed by atoms with Gasteiger partial charge in [-0.25, -0.2) is 0 Å². The van der Waals surface area contributed by atoms with Crippen LogP contribution in [0, 0.1) is 6.92 Å². The molecule has 0 amide bonds. The maximum absolute atomic E-state index is 9.89. The van der Waals surface area contributed by atoms with Crippen LogP contribution in [0.25, 0.3) is 0 Å². The van der Waals surface area contributed by atoms with Gasteiger partial charge in [0, 0.05) is 0 Å². The molecule has 1 aromatic carbocycles. The number of phenolic OH excluding ortho intramolecular Hbond substituents is 1. The van der Waals surface area contributed by atoms with E-state index in [0.717, 1.165) is 11.1 Å². The molecule has 0 unspecified atom stereocenters. The smallest absolute Gasteiger partial charge is 0.119 e. The van der Waals surface area contributed by atoms with E-state index in [1.54, 1.807) is 0 Å². The highest BCUT2D eigenvalue weighted by molar-refractivity contribution is 5.45. The van der Waals surface area contributed by atoms with Crippen molar-refractivity contribution < 1.29 is 5.11 Å². The van der Waals surface area contributed by atoms with Crippen LogP contribution in [0.2, 0.25) is 0 Å². The molecule has 1 aromatic rings. The molecule has 1 heteroatoms. The zero-order chi connectivity index (χ0) is 10.9. The van der Waals surface area contributed by atoms with E-state index in [4.69, 9.17) is 0 Å². The first-order chi connectivity index (χ1) is 6.43. The van der Waals surface area contributed by atoms with E-state index < -0.39 is 0 Å². The normalized spacial score (nSPS) is 11.4. The van der Waals surface area contributed by atoms with E-state index in [-0.39, 0.29) is 0 Å². The summed E-state index contributed by atoms with van der Waals surface area (Å²) < 4.78 is 0. The van der Waals surface area contributed by atoms with Crippen LogP contribution in [0.1, 0.15) is 56.2 Å². The van der Waals surface area contributed by atoms with Gasteiger partial charge in [-0.05, 0) is 41.5 Å². The Hall–Kier alpha value is -0.980. The number of rotatable bonds is 2. The quantitative estimate of drug-likeness (QED) is 0.752. The largest absolute Gasteiger partial charge is 0.508 e. The second kappa shape index (κ2) is 4.04. The van der Waals surface area contributed by atoms with E-state index in [9.17, 15) is 5.11 Å². The predicted molar refractivity (Wildman–Crippen MR) is 61.0 cm³/mol. The first-order valence-electron chi connectivity index (χ1n) is 5.27. The highest BCUT2D eigenvalue weighted by atomic mass is 16.3. The Labute approximate surface area is 86.8 Å². The van der Waals surface area contributed by atoms with Crippen molar-refractivity contribution >= 4 is 0 Å². The van der Waals surface area contributed by atoms with Gasteiger partial charge in [0.25, 0.3) is 0 Å². The van der Waals surface area contributed by atoms with E-state index in [2.05, 4.69) is 33.8 Å². The van der Waals surface area contributed by atoms with Crippen molar-refractivity contribution in [3.05, 3.63) is 28.8 Å². The second-order valence-corrected chi connectivity index (χ2v) is 4.60. The van der Waals surface area contributed by atoms with Crippen LogP contribution in [0.4, 0.5) is 0 Å². The Bertz CT molecular complexity index is 324. The average Bonchev–Trinajstić information content (AvgIpc) is 2.01. The lowest BCUT2D eigenvalue weighted by Crippen LogP contribution is -1.99. The number of phenols is 1. The first kappa shape index (κ1) is 11.1. The summed E-state index contributed by atoms with van der Waals surface area (Å²) >= 11 is 0. The molecule has 0 radical (unpaired) electrons. The SMILES string of the molecule is Cc1cc(O)c(C(C)C)c(C(C)C)c1. The summed E-state index contributed by atoms with van der Waals surface area (Å²) in [5.74, 6) is 1.30. The second-order valence-electron chi connectivity index (χ2n) is 4.60. The third-order valence-corrected chi connectivity index (χ3v) is 2.53. The van der Waals surface area contributed by atoms with Crippen molar-refractivity contribution in [3.63, 3.8) is 0 Å². The van der Waals surface area contributed by atoms with Gasteiger partial charge < -0.3 is 5.11 Å². The molecule has 0 bridgehead atoms. The van der Waals surface area contributed by atoms with Crippen molar-refractivity contribution in [1.29, 1.82) is 0 Å². The van der Waals surface area contributed by atoms with Crippen LogP contribution in [-0.4, -0.2) is 5.11 Å². The Balaban J connectivity index is 3.37. The molecule has 0 saturated heterocycles. The minimum atomic E-state index is 0.382. The molecule has 0 aliphatic heterocycles. The summed E-state index contributed by atoms with van der Waals surface area (Å²) in [6.07, 6.45) is 0. The van der Waals surface area contributed by atoms with Gasteiger partial charge in [-0.2, -0.15) is 0 Å². The molecule has 0 aliphatic rings. The van der Waals surface area contributed by atoms with Gasteiger partial charge in [-0.1, -0.05) is 33.8 Å². The Morgan fingerprint density at radius 3 is 2.00 bits per heavy atom. The summed E-state index contributed by atoms with van der Waals surface area (Å²) in [7, 11) is 0. The summed E-state index contributed by atoms with van der Waals surface area (Å²) in [6.45, 7) is 10.6. The van der Waals surface area contributed by atoms with Crippen molar-refractivity contribution in [2.45, 2.75) is 46.5 Å². The first-order valence-corrected chi connectivity index (χ1v) is 5.27. The number of benzene rings is 1. The number of aromatic hydroxyl groups is 1. The van der Waals surface area contributed by atoms with Crippen LogP contribution < -0.4 is 0 Å². The monoisotopic (exact) mass is 192 g/mol. The molecule has 0 spiro atoms. The van der Waals surface area contributed by atoms with Crippen molar-refractivity contribution in [1.82, 2.24) is 0 Å². The standard InChI is InChI=1S/C13H20O/c1-8(2)11-6-10(5)7-12(14)13(11)9(3)4/h6-9,14H,1-5H3. The van der Waals surface area contributed by atoms with Crippen LogP contribution in [0.3, 0.4) is 0 Å². The van der Waals surface area contributed by atoms with E-state index >= 15 is 0 Å². The third-order valence-electron chi connectivity index (χ3n) is 2.53. The van der Waals surface area contributed by atoms with Crippen molar-refractivity contribution in [2.75, 3.05) is 0 Å². The Morgan fingerprint density at radius 2 is 1.57 bits per heavy atom. The van der Waals surface area contributed by atoms with Gasteiger partial charge in [-0.3, -0.25) is 0 Å². The number of aryl methyl sites for hydroxylation is 1. The highest BCUT2D eigenvalue weighted by Gasteiger charge is 2.14. The maximum atomic E-state index is 9.89. The van der Waals surface area contributed by atoms with E-state index in [0.29, 0.717) is 17.6 Å². The van der Waals surface area contributed by atoms with Crippen molar-refractivity contribution in [2.24, 2.45) is 0 Å². The van der Waals surface area contributed by atoms with Crippen molar-refractivity contribution in [3.8, 4) is 5.75 Å². The molecule has 0 aliphatic carbocycles. The molecule has 1 N–H and O–H groups in total. The molecule has 1 nitrogen and oxygen atoms in total. The topological polar surface area (TPSA) is 20.2 Å². The van der Waals surface area contributed by atoms with Crippen LogP contribution in [-0.2, 0) is 0 Å². The molecular formula is C13H20O. The fourth-order valence-corrected chi connectivity index (χ4v) is 1.91. The Kier molecular flexibility index (Phi) is 3.20. The maximum Gasteiger partial charge on any atom is 0.119 e. The van der Waals surface area contributed by atoms with Gasteiger partial charge in [-0.15, -0.1) is 0 Å². The molecule has 78 valence electrons. The average molecular weight is 192 g/mol.